The van der Waals surface area contributed by atoms with Crippen LogP contribution >= 0.6 is 0 Å². The number of piperidine rings is 1. The molecule has 2 aromatic rings. The van der Waals surface area contributed by atoms with Gasteiger partial charge in [0.25, 0.3) is 0 Å². The predicted octanol–water partition coefficient (Wildman–Crippen LogP) is 3.53. The lowest BCUT2D eigenvalue weighted by molar-refractivity contribution is 0.0420. The number of nitrogens with zero attached hydrogens (tertiary/aromatic N) is 3. The second-order valence-electron chi connectivity index (χ2n) is 6.70. The first-order valence-corrected chi connectivity index (χ1v) is 8.98. The van der Waals surface area contributed by atoms with Crippen molar-refractivity contribution < 1.29 is 9.63 Å². The predicted molar refractivity (Wildman–Crippen MR) is 92.4 cm³/mol. The first-order valence-electron chi connectivity index (χ1n) is 8.98. The van der Waals surface area contributed by atoms with Crippen LogP contribution in [0, 0.1) is 5.92 Å². The highest BCUT2D eigenvalue weighted by atomic mass is 16.5. The molecule has 0 aliphatic carbocycles. The van der Waals surface area contributed by atoms with Gasteiger partial charge in [-0.3, -0.25) is 4.90 Å². The number of benzene rings is 1. The zero-order chi connectivity index (χ0) is 16.9. The van der Waals surface area contributed by atoms with Crippen LogP contribution in [0.25, 0.3) is 0 Å². The molecule has 0 spiro atoms. The molecule has 1 aliphatic rings. The molecule has 0 amide bonds. The van der Waals surface area contributed by atoms with Gasteiger partial charge in [0.05, 0.1) is 12.1 Å². The normalized spacial score (nSPS) is 19.3. The van der Waals surface area contributed by atoms with Crippen molar-refractivity contribution in [3.8, 4) is 0 Å². The minimum Gasteiger partial charge on any atom is -0.388 e. The van der Waals surface area contributed by atoms with Crippen LogP contribution < -0.4 is 0 Å². The summed E-state index contributed by atoms with van der Waals surface area (Å²) in [4.78, 5) is 6.88. The SMILES string of the molecule is CCCc1noc([C@@H](C)N2CCC([C@@H](O)c3ccccc3)CC2)n1. The largest absolute Gasteiger partial charge is 0.388 e. The molecule has 2 heterocycles. The number of hydrogen-bond donors (Lipinski definition) is 1. The Hall–Kier alpha value is -1.72. The minimum absolute atomic E-state index is 0.137. The molecule has 0 radical (unpaired) electrons. The van der Waals surface area contributed by atoms with Crippen molar-refractivity contribution in [3.05, 3.63) is 47.6 Å². The van der Waals surface area contributed by atoms with Gasteiger partial charge >= 0.3 is 0 Å². The first-order chi connectivity index (χ1) is 11.7. The lowest BCUT2D eigenvalue weighted by atomic mass is 9.87. The molecule has 1 aliphatic heterocycles. The average Bonchev–Trinajstić information content (AvgIpc) is 3.10. The maximum atomic E-state index is 10.6. The Kier molecular flexibility index (Phi) is 5.63. The number of aliphatic hydroxyl groups is 1. The van der Waals surface area contributed by atoms with E-state index in [1.807, 2.05) is 30.3 Å². The molecule has 1 fully saturated rings. The van der Waals surface area contributed by atoms with Crippen molar-refractivity contribution in [2.45, 2.75) is 51.7 Å². The van der Waals surface area contributed by atoms with Crippen LogP contribution in [0.4, 0.5) is 0 Å². The first kappa shape index (κ1) is 17.1. The molecular formula is C19H27N3O2. The van der Waals surface area contributed by atoms with Crippen LogP contribution in [-0.4, -0.2) is 33.2 Å². The molecule has 0 unspecified atom stereocenters. The highest BCUT2D eigenvalue weighted by Crippen LogP contribution is 2.33. The molecule has 1 aromatic heterocycles. The second kappa shape index (κ2) is 7.90. The molecule has 5 heteroatoms. The number of likely N-dealkylation sites (tertiary alicyclic amines) is 1. The summed E-state index contributed by atoms with van der Waals surface area (Å²) >= 11 is 0. The van der Waals surface area contributed by atoms with Gasteiger partial charge in [-0.15, -0.1) is 0 Å². The van der Waals surface area contributed by atoms with Crippen molar-refractivity contribution >= 4 is 0 Å². The molecule has 0 saturated carbocycles. The van der Waals surface area contributed by atoms with Crippen molar-refractivity contribution in [2.75, 3.05) is 13.1 Å². The van der Waals surface area contributed by atoms with Gasteiger partial charge < -0.3 is 9.63 Å². The lowest BCUT2D eigenvalue weighted by Crippen LogP contribution is -2.37. The Morgan fingerprint density at radius 2 is 1.96 bits per heavy atom. The maximum absolute atomic E-state index is 10.6. The Balaban J connectivity index is 1.56. The van der Waals surface area contributed by atoms with Crippen LogP contribution in [0.15, 0.2) is 34.9 Å². The molecule has 0 bridgehead atoms. The number of rotatable bonds is 6. The topological polar surface area (TPSA) is 62.4 Å². The minimum atomic E-state index is -0.372. The van der Waals surface area contributed by atoms with E-state index in [1.54, 1.807) is 0 Å². The summed E-state index contributed by atoms with van der Waals surface area (Å²) < 4.78 is 5.42. The number of aryl methyl sites for hydroxylation is 1. The molecule has 5 nitrogen and oxygen atoms in total. The summed E-state index contributed by atoms with van der Waals surface area (Å²) in [6.07, 6.45) is 3.48. The van der Waals surface area contributed by atoms with Crippen LogP contribution in [0.2, 0.25) is 0 Å². The zero-order valence-electron chi connectivity index (χ0n) is 14.6. The molecule has 1 N–H and O–H groups in total. The van der Waals surface area contributed by atoms with Gasteiger partial charge in [-0.25, -0.2) is 0 Å². The summed E-state index contributed by atoms with van der Waals surface area (Å²) in [7, 11) is 0. The smallest absolute Gasteiger partial charge is 0.243 e. The molecule has 1 aromatic carbocycles. The van der Waals surface area contributed by atoms with Crippen LogP contribution in [0.1, 0.15) is 62.5 Å². The van der Waals surface area contributed by atoms with E-state index in [9.17, 15) is 5.11 Å². The lowest BCUT2D eigenvalue weighted by Gasteiger charge is -2.36. The van der Waals surface area contributed by atoms with Gasteiger partial charge in [0.1, 0.15) is 0 Å². The fourth-order valence-corrected chi connectivity index (χ4v) is 3.46. The van der Waals surface area contributed by atoms with Gasteiger partial charge in [-0.05, 0) is 50.8 Å². The molecular weight excluding hydrogens is 302 g/mol. The quantitative estimate of drug-likeness (QED) is 0.878. The van der Waals surface area contributed by atoms with E-state index < -0.39 is 0 Å². The fourth-order valence-electron chi connectivity index (χ4n) is 3.46. The number of aromatic nitrogens is 2. The van der Waals surface area contributed by atoms with Crippen LogP contribution in [-0.2, 0) is 6.42 Å². The van der Waals surface area contributed by atoms with E-state index in [1.165, 1.54) is 0 Å². The van der Waals surface area contributed by atoms with E-state index in [4.69, 9.17) is 4.52 Å². The van der Waals surface area contributed by atoms with Gasteiger partial charge in [0.2, 0.25) is 5.89 Å². The van der Waals surface area contributed by atoms with Crippen LogP contribution in [0.3, 0.4) is 0 Å². The molecule has 1 saturated heterocycles. The third-order valence-electron chi connectivity index (χ3n) is 5.02. The van der Waals surface area contributed by atoms with E-state index in [2.05, 4.69) is 28.9 Å². The zero-order valence-corrected chi connectivity index (χ0v) is 14.6. The summed E-state index contributed by atoms with van der Waals surface area (Å²) in [5.74, 6) is 1.82. The number of hydrogen-bond acceptors (Lipinski definition) is 5. The highest BCUT2D eigenvalue weighted by Gasteiger charge is 2.30. The Bertz CT molecular complexity index is 621. The van der Waals surface area contributed by atoms with Crippen molar-refractivity contribution in [1.29, 1.82) is 0 Å². The monoisotopic (exact) mass is 329 g/mol. The summed E-state index contributed by atoms with van der Waals surface area (Å²) in [5.41, 5.74) is 1.02. The number of aliphatic hydroxyl groups excluding tert-OH is 1. The third kappa shape index (κ3) is 3.84. The summed E-state index contributed by atoms with van der Waals surface area (Å²) in [5, 5.41) is 14.6. The van der Waals surface area contributed by atoms with Crippen molar-refractivity contribution in [3.63, 3.8) is 0 Å². The van der Waals surface area contributed by atoms with Gasteiger partial charge in [-0.1, -0.05) is 42.4 Å². The molecule has 3 rings (SSSR count). The maximum Gasteiger partial charge on any atom is 0.243 e. The summed E-state index contributed by atoms with van der Waals surface area (Å²) in [6, 6.07) is 10.1. The highest BCUT2D eigenvalue weighted by molar-refractivity contribution is 5.18. The van der Waals surface area contributed by atoms with Crippen LogP contribution in [0.5, 0.6) is 0 Å². The van der Waals surface area contributed by atoms with Crippen molar-refractivity contribution in [2.24, 2.45) is 5.92 Å². The molecule has 24 heavy (non-hydrogen) atoms. The van der Waals surface area contributed by atoms with Gasteiger partial charge in [0.15, 0.2) is 5.82 Å². The van der Waals surface area contributed by atoms with E-state index >= 15 is 0 Å². The fraction of sp³-hybridized carbons (Fsp3) is 0.579. The van der Waals surface area contributed by atoms with E-state index in [-0.39, 0.29) is 12.1 Å². The Morgan fingerprint density at radius 1 is 1.25 bits per heavy atom. The van der Waals surface area contributed by atoms with Gasteiger partial charge in [-0.2, -0.15) is 4.98 Å². The summed E-state index contributed by atoms with van der Waals surface area (Å²) in [6.45, 7) is 6.13. The Labute approximate surface area is 143 Å². The average molecular weight is 329 g/mol. The standard InChI is InChI=1S/C19H27N3O2/c1-3-7-17-20-19(24-21-17)14(2)22-12-10-16(11-13-22)18(23)15-8-5-4-6-9-15/h4-6,8-9,14,16,18,23H,3,7,10-13H2,1-2H3/t14-,18+/m1/s1. The molecule has 2 atom stereocenters. The molecule has 130 valence electrons. The van der Waals surface area contributed by atoms with E-state index in [0.29, 0.717) is 11.8 Å². The Morgan fingerprint density at radius 3 is 2.62 bits per heavy atom. The van der Waals surface area contributed by atoms with Crippen molar-refractivity contribution in [1.82, 2.24) is 15.0 Å². The van der Waals surface area contributed by atoms with Gasteiger partial charge in [0, 0.05) is 6.42 Å². The third-order valence-corrected chi connectivity index (χ3v) is 5.02. The second-order valence-corrected chi connectivity index (χ2v) is 6.70. The van der Waals surface area contributed by atoms with E-state index in [0.717, 1.165) is 50.2 Å².